The zero-order valence-corrected chi connectivity index (χ0v) is 10.3. The van der Waals surface area contributed by atoms with Crippen LogP contribution in [0.2, 0.25) is 0 Å². The minimum Gasteiger partial charge on any atom is -0.391 e. The van der Waals surface area contributed by atoms with Crippen LogP contribution >= 0.6 is 0 Å². The van der Waals surface area contributed by atoms with Crippen LogP contribution in [-0.4, -0.2) is 13.1 Å². The van der Waals surface area contributed by atoms with Gasteiger partial charge in [0.05, 0.1) is 0 Å². The van der Waals surface area contributed by atoms with Gasteiger partial charge in [0, 0.05) is 13.1 Å². The van der Waals surface area contributed by atoms with Crippen molar-refractivity contribution in [2.75, 3.05) is 13.1 Å². The molecule has 0 bridgehead atoms. The summed E-state index contributed by atoms with van der Waals surface area (Å²) < 4.78 is 0. The predicted octanol–water partition coefficient (Wildman–Crippen LogP) is 3.18. The van der Waals surface area contributed by atoms with Gasteiger partial charge in [-0.3, -0.25) is 0 Å². The van der Waals surface area contributed by atoms with Gasteiger partial charge in [0.15, 0.2) is 0 Å². The summed E-state index contributed by atoms with van der Waals surface area (Å²) in [6.45, 7) is 6.23. The van der Waals surface area contributed by atoms with Crippen molar-refractivity contribution in [2.24, 2.45) is 0 Å². The van der Waals surface area contributed by atoms with Gasteiger partial charge in [0.2, 0.25) is 0 Å². The Hall–Kier alpha value is -0.920. The van der Waals surface area contributed by atoms with Crippen molar-refractivity contribution in [3.63, 3.8) is 0 Å². The van der Waals surface area contributed by atoms with Gasteiger partial charge in [-0.15, -0.1) is 0 Å². The summed E-state index contributed by atoms with van der Waals surface area (Å²) in [5, 5.41) is 6.36. The third-order valence-corrected chi connectivity index (χ3v) is 2.14. The molecular formula is C13H26N2. The van der Waals surface area contributed by atoms with Crippen molar-refractivity contribution in [3.05, 3.63) is 24.6 Å². The van der Waals surface area contributed by atoms with E-state index < -0.39 is 0 Å². The molecule has 0 rings (SSSR count). The van der Waals surface area contributed by atoms with Crippen LogP contribution in [0, 0.1) is 0 Å². The van der Waals surface area contributed by atoms with Gasteiger partial charge in [-0.05, 0) is 38.2 Å². The molecule has 2 N–H and O–H groups in total. The van der Waals surface area contributed by atoms with Crippen molar-refractivity contribution in [3.8, 4) is 0 Å². The van der Waals surface area contributed by atoms with Gasteiger partial charge in [0.1, 0.15) is 0 Å². The fraction of sp³-hybridized carbons (Fsp3) is 0.692. The third-order valence-electron chi connectivity index (χ3n) is 2.14. The number of hydrogen-bond acceptors (Lipinski definition) is 2. The van der Waals surface area contributed by atoms with Crippen molar-refractivity contribution in [1.82, 2.24) is 10.6 Å². The highest BCUT2D eigenvalue weighted by molar-refractivity contribution is 4.86. The van der Waals surface area contributed by atoms with Gasteiger partial charge < -0.3 is 10.6 Å². The van der Waals surface area contributed by atoms with E-state index >= 15 is 0 Å². The summed E-state index contributed by atoms with van der Waals surface area (Å²) in [5.41, 5.74) is 0. The van der Waals surface area contributed by atoms with Gasteiger partial charge in [-0.1, -0.05) is 32.3 Å². The normalized spacial score (nSPS) is 11.3. The Kier molecular flexibility index (Phi) is 12.3. The predicted molar refractivity (Wildman–Crippen MR) is 68.7 cm³/mol. The number of rotatable bonds is 10. The maximum atomic E-state index is 3.23. The Morgan fingerprint density at radius 3 is 2.40 bits per heavy atom. The maximum absolute atomic E-state index is 3.23. The third kappa shape index (κ3) is 13.1. The number of unbranched alkanes of at least 4 members (excludes halogenated alkanes) is 4. The van der Waals surface area contributed by atoms with Crippen LogP contribution in [0.3, 0.4) is 0 Å². The van der Waals surface area contributed by atoms with E-state index in [4.69, 9.17) is 0 Å². The molecule has 0 unspecified atom stereocenters. The lowest BCUT2D eigenvalue weighted by molar-refractivity contribution is 0.673. The molecule has 0 saturated carbocycles. The molecule has 0 aliphatic rings. The molecular weight excluding hydrogens is 184 g/mol. The second-order valence-corrected chi connectivity index (χ2v) is 3.62. The second kappa shape index (κ2) is 13.1. The Labute approximate surface area is 94.8 Å². The van der Waals surface area contributed by atoms with Gasteiger partial charge >= 0.3 is 0 Å². The van der Waals surface area contributed by atoms with Crippen molar-refractivity contribution in [2.45, 2.75) is 46.0 Å². The molecule has 2 nitrogen and oxygen atoms in total. The van der Waals surface area contributed by atoms with Crippen LogP contribution in [0.4, 0.5) is 0 Å². The fourth-order valence-corrected chi connectivity index (χ4v) is 1.25. The minimum atomic E-state index is 0.901. The van der Waals surface area contributed by atoms with Crippen LogP contribution in [0.5, 0.6) is 0 Å². The van der Waals surface area contributed by atoms with Crippen molar-refractivity contribution in [1.29, 1.82) is 0 Å². The fourth-order valence-electron chi connectivity index (χ4n) is 1.25. The van der Waals surface area contributed by atoms with Crippen molar-refractivity contribution >= 4 is 0 Å². The molecule has 0 aromatic carbocycles. The zero-order chi connectivity index (χ0) is 11.2. The molecule has 0 radical (unpaired) electrons. The average molecular weight is 210 g/mol. The molecule has 0 amide bonds. The first-order chi connectivity index (χ1) is 7.41. The van der Waals surface area contributed by atoms with Crippen molar-refractivity contribution < 1.29 is 0 Å². The Bertz CT molecular complexity index is 162. The van der Waals surface area contributed by atoms with E-state index in [9.17, 15) is 0 Å². The highest BCUT2D eigenvalue weighted by atomic mass is 14.8. The summed E-state index contributed by atoms with van der Waals surface area (Å²) in [6.07, 6.45) is 14.9. The zero-order valence-electron chi connectivity index (χ0n) is 10.3. The molecule has 0 spiro atoms. The molecule has 0 fully saturated rings. The molecule has 0 aliphatic carbocycles. The van der Waals surface area contributed by atoms with E-state index in [2.05, 4.69) is 42.8 Å². The SMILES string of the molecule is CCCCCCC=CNCC=CNCC. The number of allylic oxidation sites excluding steroid dienone is 1. The lowest BCUT2D eigenvalue weighted by atomic mass is 10.1. The highest BCUT2D eigenvalue weighted by Gasteiger charge is 1.83. The first-order valence-electron chi connectivity index (χ1n) is 6.18. The number of nitrogens with one attached hydrogen (secondary N) is 2. The first kappa shape index (κ1) is 14.1. The average Bonchev–Trinajstić information content (AvgIpc) is 2.26. The summed E-state index contributed by atoms with van der Waals surface area (Å²) in [4.78, 5) is 0. The van der Waals surface area contributed by atoms with Crippen LogP contribution in [0.1, 0.15) is 46.0 Å². The Morgan fingerprint density at radius 2 is 1.67 bits per heavy atom. The Morgan fingerprint density at radius 1 is 0.867 bits per heavy atom. The van der Waals surface area contributed by atoms with Gasteiger partial charge in [-0.25, -0.2) is 0 Å². The minimum absolute atomic E-state index is 0.901. The summed E-state index contributed by atoms with van der Waals surface area (Å²) in [7, 11) is 0. The standard InChI is InChI=1S/C13H26N2/c1-3-5-6-7-8-9-11-15-13-10-12-14-4-2/h9-12,14-15H,3-8,13H2,1-2H3. The van der Waals surface area contributed by atoms with Crippen LogP contribution in [-0.2, 0) is 0 Å². The topological polar surface area (TPSA) is 24.1 Å². The van der Waals surface area contributed by atoms with Crippen LogP contribution in [0.15, 0.2) is 24.6 Å². The number of hydrogen-bond donors (Lipinski definition) is 2. The van der Waals surface area contributed by atoms with E-state index in [0.717, 1.165) is 13.1 Å². The Balaban J connectivity index is 3.10. The maximum Gasteiger partial charge on any atom is 0.0342 e. The lowest BCUT2D eigenvalue weighted by Crippen LogP contribution is -2.07. The van der Waals surface area contributed by atoms with E-state index in [-0.39, 0.29) is 0 Å². The molecule has 0 aromatic heterocycles. The van der Waals surface area contributed by atoms with E-state index in [0.29, 0.717) is 0 Å². The molecule has 0 heterocycles. The monoisotopic (exact) mass is 210 g/mol. The molecule has 88 valence electrons. The van der Waals surface area contributed by atoms with Crippen LogP contribution < -0.4 is 10.6 Å². The largest absolute Gasteiger partial charge is 0.391 e. The van der Waals surface area contributed by atoms with Gasteiger partial charge in [-0.2, -0.15) is 0 Å². The molecule has 2 heteroatoms. The lowest BCUT2D eigenvalue weighted by Gasteiger charge is -1.96. The van der Waals surface area contributed by atoms with Gasteiger partial charge in [0.25, 0.3) is 0 Å². The first-order valence-corrected chi connectivity index (χ1v) is 6.18. The molecule has 0 atom stereocenters. The quantitative estimate of drug-likeness (QED) is 0.541. The second-order valence-electron chi connectivity index (χ2n) is 3.62. The molecule has 0 saturated heterocycles. The molecule has 15 heavy (non-hydrogen) atoms. The smallest absolute Gasteiger partial charge is 0.0342 e. The van der Waals surface area contributed by atoms with E-state index in [1.807, 2.05) is 6.20 Å². The summed E-state index contributed by atoms with van der Waals surface area (Å²) >= 11 is 0. The molecule has 0 aliphatic heterocycles. The summed E-state index contributed by atoms with van der Waals surface area (Å²) in [5.74, 6) is 0. The molecule has 0 aromatic rings. The van der Waals surface area contributed by atoms with E-state index in [1.54, 1.807) is 0 Å². The highest BCUT2D eigenvalue weighted by Crippen LogP contribution is 2.02. The van der Waals surface area contributed by atoms with E-state index in [1.165, 1.54) is 32.1 Å². The van der Waals surface area contributed by atoms with Crippen LogP contribution in [0.25, 0.3) is 0 Å². The summed E-state index contributed by atoms with van der Waals surface area (Å²) in [6, 6.07) is 0.